The fourth-order valence-electron chi connectivity index (χ4n) is 8.88. The van der Waals surface area contributed by atoms with Crippen LogP contribution in [0.5, 0.6) is 11.5 Å². The van der Waals surface area contributed by atoms with Gasteiger partial charge in [0.25, 0.3) is 0 Å². The number of allylic oxidation sites excluding steroid dienone is 6. The zero-order valence-corrected chi connectivity index (χ0v) is 37.4. The number of aryl methyl sites for hydroxylation is 2. The fourth-order valence-corrected chi connectivity index (χ4v) is 8.88. The van der Waals surface area contributed by atoms with Gasteiger partial charge in [-0.1, -0.05) is 137 Å². The van der Waals surface area contributed by atoms with E-state index in [1.54, 1.807) is 14.2 Å². The molecule has 0 fully saturated rings. The molecule has 286 valence electrons. The maximum atomic E-state index is 5.37. The molecule has 0 bridgehead atoms. The third-order valence-electron chi connectivity index (χ3n) is 11.9. The van der Waals surface area contributed by atoms with Gasteiger partial charge < -0.3 is 9.47 Å². The molecule has 0 radical (unpaired) electrons. The summed E-state index contributed by atoms with van der Waals surface area (Å²) < 4.78 is 10.7. The van der Waals surface area contributed by atoms with Crippen molar-refractivity contribution in [3.8, 4) is 33.8 Å². The van der Waals surface area contributed by atoms with E-state index in [2.05, 4.69) is 161 Å². The van der Waals surface area contributed by atoms with Crippen LogP contribution in [0.4, 0.5) is 0 Å². The Bertz CT molecular complexity index is 2240. The van der Waals surface area contributed by atoms with Gasteiger partial charge in [0.1, 0.15) is 11.5 Å². The van der Waals surface area contributed by atoms with E-state index < -0.39 is 20.8 Å². The SMILES string of the molecule is COc1ccc(-c2ccc(C3C=CC=Cc4c3cc(C)[c-]4C(C)C(C)[c-]3c(C)cc4c3C=CC=CC4c3ccc(-c4ccc(OC)cc4)cc3)cc2)cc1.[Cl][Zr+2][Cl]. The van der Waals surface area contributed by atoms with Crippen molar-refractivity contribution in [2.75, 3.05) is 14.2 Å². The number of hydrogen-bond acceptors (Lipinski definition) is 2. The first kappa shape index (κ1) is 40.8. The number of benzene rings is 4. The van der Waals surface area contributed by atoms with Gasteiger partial charge in [-0.2, -0.15) is 23.3 Å². The standard InChI is InChI=1S/C52H48O2.2ClH.Zr/c1-33-31-49-45(41-19-15-37(16-20-41)39-23-27-43(53-5)28-24-39)11-7-9-13-47(49)51(33)35(3)36(4)52-34(2)32-50-46(12-8-10-14-48(50)52)42-21-17-38(18-22-42)40-25-29-44(54-6)30-26-40;;;/h7-32,35-36,45-46H,1-6H3;2*1H;/q-2;;;+4/p-2. The second kappa shape index (κ2) is 18.5. The van der Waals surface area contributed by atoms with Gasteiger partial charge in [-0.05, 0) is 69.5 Å². The van der Waals surface area contributed by atoms with Crippen LogP contribution in [-0.4, -0.2) is 14.2 Å². The second-order valence-corrected chi connectivity index (χ2v) is 18.7. The van der Waals surface area contributed by atoms with E-state index in [-0.39, 0.29) is 11.8 Å². The van der Waals surface area contributed by atoms with Gasteiger partial charge in [0.2, 0.25) is 0 Å². The summed E-state index contributed by atoms with van der Waals surface area (Å²) >= 11 is -0.826. The van der Waals surface area contributed by atoms with Gasteiger partial charge in [-0.3, -0.25) is 0 Å². The summed E-state index contributed by atoms with van der Waals surface area (Å²) in [6.07, 6.45) is 18.3. The van der Waals surface area contributed by atoms with Crippen molar-refractivity contribution in [3.63, 3.8) is 0 Å². The summed E-state index contributed by atoms with van der Waals surface area (Å²) in [5.74, 6) is 2.78. The molecule has 0 saturated carbocycles. The van der Waals surface area contributed by atoms with Crippen LogP contribution in [0.25, 0.3) is 34.4 Å². The maximum absolute atomic E-state index is 5.37. The molecule has 5 heteroatoms. The van der Waals surface area contributed by atoms with Crippen LogP contribution < -0.4 is 9.47 Å². The number of rotatable bonds is 9. The quantitative estimate of drug-likeness (QED) is 0.135. The van der Waals surface area contributed by atoms with Gasteiger partial charge in [-0.25, -0.2) is 0 Å². The molecule has 0 saturated heterocycles. The van der Waals surface area contributed by atoms with Crippen molar-refractivity contribution in [2.45, 2.75) is 51.4 Å². The van der Waals surface area contributed by atoms with E-state index in [0.29, 0.717) is 11.8 Å². The number of hydrogen-bond donors (Lipinski definition) is 0. The van der Waals surface area contributed by atoms with E-state index in [1.807, 2.05) is 24.3 Å². The van der Waals surface area contributed by atoms with E-state index in [1.165, 1.54) is 77.9 Å². The fraction of sp³-hybridized carbons (Fsp3) is 0.192. The van der Waals surface area contributed by atoms with Crippen molar-refractivity contribution in [1.82, 2.24) is 0 Å². The number of methoxy groups -OCH3 is 2. The van der Waals surface area contributed by atoms with Crippen LogP contribution in [0.15, 0.2) is 146 Å². The topological polar surface area (TPSA) is 18.5 Å². The monoisotopic (exact) mass is 864 g/mol. The summed E-state index contributed by atoms with van der Waals surface area (Å²) in [6.45, 7) is 9.49. The minimum absolute atomic E-state index is 0.192. The van der Waals surface area contributed by atoms with Gasteiger partial charge in [0.15, 0.2) is 0 Å². The Hall–Kier alpha value is -4.40. The van der Waals surface area contributed by atoms with Gasteiger partial charge in [-0.15, -0.1) is 57.7 Å². The van der Waals surface area contributed by atoms with Crippen LogP contribution in [0.2, 0.25) is 0 Å². The first-order valence-corrected chi connectivity index (χ1v) is 25.8. The molecule has 0 amide bonds. The summed E-state index contributed by atoms with van der Waals surface area (Å²) in [7, 11) is 13.3. The molecule has 57 heavy (non-hydrogen) atoms. The summed E-state index contributed by atoms with van der Waals surface area (Å²) in [5, 5.41) is 0. The third kappa shape index (κ3) is 8.59. The van der Waals surface area contributed by atoms with E-state index in [0.717, 1.165) is 11.5 Å². The normalized spacial score (nSPS) is 16.3. The molecular weight excluding hydrogens is 819 g/mol. The number of halogens is 2. The van der Waals surface area contributed by atoms with Gasteiger partial charge >= 0.3 is 37.9 Å². The average molecular weight is 867 g/mol. The zero-order chi connectivity index (χ0) is 40.1. The van der Waals surface area contributed by atoms with Crippen molar-refractivity contribution in [2.24, 2.45) is 0 Å². The Balaban J connectivity index is 0.00000160. The Morgan fingerprint density at radius 2 is 0.825 bits per heavy atom. The Morgan fingerprint density at radius 3 is 1.14 bits per heavy atom. The third-order valence-corrected chi connectivity index (χ3v) is 11.9. The van der Waals surface area contributed by atoms with Crippen LogP contribution in [0.1, 0.15) is 93.2 Å². The van der Waals surface area contributed by atoms with Gasteiger partial charge in [0, 0.05) is 0 Å². The molecule has 6 aromatic rings. The van der Waals surface area contributed by atoms with Crippen molar-refractivity contribution in [1.29, 1.82) is 0 Å². The zero-order valence-electron chi connectivity index (χ0n) is 33.4. The van der Waals surface area contributed by atoms with Crippen molar-refractivity contribution >= 4 is 29.2 Å². The summed E-state index contributed by atoms with van der Waals surface area (Å²) in [4.78, 5) is 0. The predicted molar refractivity (Wildman–Crippen MR) is 239 cm³/mol. The first-order valence-electron chi connectivity index (χ1n) is 19.5. The molecule has 4 unspecified atom stereocenters. The number of ether oxygens (including phenoxy) is 2. The molecule has 0 N–H and O–H groups in total. The molecule has 8 rings (SSSR count). The predicted octanol–water partition coefficient (Wildman–Crippen LogP) is 14.8. The Labute approximate surface area is 357 Å². The van der Waals surface area contributed by atoms with E-state index in [4.69, 9.17) is 26.5 Å². The Kier molecular flexibility index (Phi) is 13.2. The van der Waals surface area contributed by atoms with Crippen LogP contribution in [-0.2, 0) is 20.8 Å². The number of fused-ring (bicyclic) bond motifs is 2. The molecule has 0 spiro atoms. The van der Waals surface area contributed by atoms with E-state index >= 15 is 0 Å². The molecule has 2 aliphatic carbocycles. The summed E-state index contributed by atoms with van der Waals surface area (Å²) in [6, 6.07) is 39.7. The minimum atomic E-state index is -0.826. The molecule has 4 atom stereocenters. The summed E-state index contributed by atoms with van der Waals surface area (Å²) in [5.41, 5.74) is 18.6. The first-order chi connectivity index (χ1) is 27.8. The molecule has 2 nitrogen and oxygen atoms in total. The van der Waals surface area contributed by atoms with Crippen molar-refractivity contribution in [3.05, 3.63) is 201 Å². The molecule has 0 aromatic heterocycles. The van der Waals surface area contributed by atoms with E-state index in [9.17, 15) is 0 Å². The molecule has 2 aliphatic rings. The molecular formula is C52H48Cl2O2Zr. The van der Waals surface area contributed by atoms with Crippen LogP contribution in [0.3, 0.4) is 0 Å². The van der Waals surface area contributed by atoms with Crippen LogP contribution in [0, 0.1) is 13.8 Å². The molecule has 6 aromatic carbocycles. The molecule has 0 heterocycles. The van der Waals surface area contributed by atoms with Crippen molar-refractivity contribution < 1.29 is 30.3 Å². The Morgan fingerprint density at radius 1 is 0.509 bits per heavy atom. The average Bonchev–Trinajstić information content (AvgIpc) is 3.55. The van der Waals surface area contributed by atoms with Crippen LogP contribution >= 0.6 is 17.0 Å². The second-order valence-electron chi connectivity index (χ2n) is 15.0. The van der Waals surface area contributed by atoms with Gasteiger partial charge in [0.05, 0.1) is 14.2 Å². The molecule has 0 aliphatic heterocycles.